The van der Waals surface area contributed by atoms with E-state index in [9.17, 15) is 9.59 Å². The topological polar surface area (TPSA) is 118 Å². The summed E-state index contributed by atoms with van der Waals surface area (Å²) in [5.41, 5.74) is -0.800. The first-order valence-electron chi connectivity index (χ1n) is 7.90. The number of carboxylic acid groups (broad SMARTS) is 1. The van der Waals surface area contributed by atoms with Crippen molar-refractivity contribution in [3.05, 3.63) is 41.3 Å². The molecule has 0 unspecified atom stereocenters. The highest BCUT2D eigenvalue weighted by molar-refractivity contribution is 5.94. The van der Waals surface area contributed by atoms with E-state index in [1.54, 1.807) is 0 Å². The molecule has 2 heterocycles. The predicted octanol–water partition coefficient (Wildman–Crippen LogP) is 1.92. The summed E-state index contributed by atoms with van der Waals surface area (Å²) < 4.78 is 5.18. The zero-order valence-electron chi connectivity index (χ0n) is 13.3. The van der Waals surface area contributed by atoms with Gasteiger partial charge < -0.3 is 14.9 Å². The smallest absolute Gasteiger partial charge is 0.354 e. The molecule has 8 heteroatoms. The van der Waals surface area contributed by atoms with Crippen molar-refractivity contribution in [3.63, 3.8) is 0 Å². The van der Waals surface area contributed by atoms with Crippen LogP contribution in [0.25, 0.3) is 0 Å². The van der Waals surface area contributed by atoms with Gasteiger partial charge in [-0.2, -0.15) is 4.98 Å². The van der Waals surface area contributed by atoms with Crippen molar-refractivity contribution in [2.45, 2.75) is 44.6 Å². The normalized spacial score (nSPS) is 16.0. The lowest BCUT2D eigenvalue weighted by Crippen LogP contribution is -2.45. The van der Waals surface area contributed by atoms with Gasteiger partial charge in [-0.25, -0.2) is 9.78 Å². The Morgan fingerprint density at radius 1 is 1.25 bits per heavy atom. The quantitative estimate of drug-likeness (QED) is 0.859. The van der Waals surface area contributed by atoms with Gasteiger partial charge in [-0.15, -0.1) is 0 Å². The molecular formula is C16H18N4O4. The van der Waals surface area contributed by atoms with E-state index in [1.807, 2.05) is 6.92 Å². The fourth-order valence-electron chi connectivity index (χ4n) is 2.94. The molecule has 0 radical (unpaired) electrons. The Bertz CT molecular complexity index is 765. The Kier molecular flexibility index (Phi) is 4.28. The number of carboxylic acids is 1. The number of amides is 1. The number of hydrogen-bond donors (Lipinski definition) is 2. The van der Waals surface area contributed by atoms with E-state index < -0.39 is 17.4 Å². The number of carbonyl (C=O) groups excluding carboxylic acids is 1. The molecule has 0 aliphatic heterocycles. The SMILES string of the molecule is CCc1nc(C2(NC(=O)c3cccc(C(=O)O)n3)CCCC2)no1. The number of aromatic carboxylic acids is 1. The molecule has 2 aromatic heterocycles. The van der Waals surface area contributed by atoms with E-state index in [-0.39, 0.29) is 11.4 Å². The summed E-state index contributed by atoms with van der Waals surface area (Å²) in [4.78, 5) is 31.8. The summed E-state index contributed by atoms with van der Waals surface area (Å²) in [6.45, 7) is 1.92. The average molecular weight is 330 g/mol. The first kappa shape index (κ1) is 16.1. The van der Waals surface area contributed by atoms with Gasteiger partial charge in [0.2, 0.25) is 5.89 Å². The summed E-state index contributed by atoms with van der Waals surface area (Å²) in [6, 6.07) is 4.32. The summed E-state index contributed by atoms with van der Waals surface area (Å²) in [6.07, 6.45) is 3.93. The van der Waals surface area contributed by atoms with Gasteiger partial charge in [0.25, 0.3) is 5.91 Å². The lowest BCUT2D eigenvalue weighted by Gasteiger charge is -2.26. The van der Waals surface area contributed by atoms with E-state index in [0.717, 1.165) is 12.8 Å². The molecule has 0 aromatic carbocycles. The third-order valence-electron chi connectivity index (χ3n) is 4.21. The number of nitrogens with one attached hydrogen (secondary N) is 1. The van der Waals surface area contributed by atoms with Gasteiger partial charge in [-0.3, -0.25) is 4.79 Å². The van der Waals surface area contributed by atoms with Crippen molar-refractivity contribution in [1.29, 1.82) is 0 Å². The molecule has 0 saturated heterocycles. The van der Waals surface area contributed by atoms with E-state index in [1.165, 1.54) is 18.2 Å². The van der Waals surface area contributed by atoms with E-state index in [4.69, 9.17) is 9.63 Å². The highest BCUT2D eigenvalue weighted by Gasteiger charge is 2.41. The monoisotopic (exact) mass is 330 g/mol. The van der Waals surface area contributed by atoms with Gasteiger partial charge >= 0.3 is 5.97 Å². The molecule has 2 aromatic rings. The number of nitrogens with zero attached hydrogens (tertiary/aromatic N) is 3. The van der Waals surface area contributed by atoms with Crippen LogP contribution < -0.4 is 5.32 Å². The molecule has 1 aliphatic carbocycles. The Labute approximate surface area is 138 Å². The molecular weight excluding hydrogens is 312 g/mol. The van der Waals surface area contributed by atoms with E-state index in [2.05, 4.69) is 20.4 Å². The van der Waals surface area contributed by atoms with Crippen molar-refractivity contribution in [2.24, 2.45) is 0 Å². The zero-order valence-corrected chi connectivity index (χ0v) is 13.3. The molecule has 2 N–H and O–H groups in total. The Morgan fingerprint density at radius 3 is 2.58 bits per heavy atom. The van der Waals surface area contributed by atoms with Gasteiger partial charge in [-0.1, -0.05) is 31.0 Å². The van der Waals surface area contributed by atoms with Crippen LogP contribution in [0.3, 0.4) is 0 Å². The maximum absolute atomic E-state index is 12.6. The maximum atomic E-state index is 12.6. The standard InChI is InChI=1S/C16H18N4O4/c1-2-12-18-15(20-24-12)16(8-3-4-9-16)19-13(21)10-6-5-7-11(17-10)14(22)23/h5-7H,2-4,8-9H2,1H3,(H,19,21)(H,22,23). The first-order valence-corrected chi connectivity index (χ1v) is 7.90. The fraction of sp³-hybridized carbons (Fsp3) is 0.438. The van der Waals surface area contributed by atoms with Crippen LogP contribution in [0, 0.1) is 0 Å². The second-order valence-electron chi connectivity index (χ2n) is 5.82. The predicted molar refractivity (Wildman–Crippen MR) is 82.5 cm³/mol. The molecule has 1 amide bonds. The summed E-state index contributed by atoms with van der Waals surface area (Å²) in [7, 11) is 0. The summed E-state index contributed by atoms with van der Waals surface area (Å²) in [5, 5.41) is 16.0. The highest BCUT2D eigenvalue weighted by Crippen LogP contribution is 2.37. The Morgan fingerprint density at radius 2 is 1.96 bits per heavy atom. The van der Waals surface area contributed by atoms with Gasteiger partial charge in [-0.05, 0) is 25.0 Å². The first-order chi connectivity index (χ1) is 11.5. The zero-order chi connectivity index (χ0) is 17.2. The minimum Gasteiger partial charge on any atom is -0.477 e. The van der Waals surface area contributed by atoms with Crippen molar-refractivity contribution in [2.75, 3.05) is 0 Å². The number of aryl methyl sites for hydroxylation is 1. The van der Waals surface area contributed by atoms with Crippen LogP contribution in [-0.4, -0.2) is 32.1 Å². The third kappa shape index (κ3) is 2.99. The highest BCUT2D eigenvalue weighted by atomic mass is 16.5. The number of carbonyl (C=O) groups is 2. The lowest BCUT2D eigenvalue weighted by molar-refractivity contribution is 0.0690. The Balaban J connectivity index is 1.87. The van der Waals surface area contributed by atoms with Gasteiger partial charge in [0.05, 0.1) is 0 Å². The van der Waals surface area contributed by atoms with Gasteiger partial charge in [0.15, 0.2) is 5.82 Å². The molecule has 1 fully saturated rings. The lowest BCUT2D eigenvalue weighted by atomic mass is 9.96. The van der Waals surface area contributed by atoms with Crippen LogP contribution in [0.15, 0.2) is 22.7 Å². The van der Waals surface area contributed by atoms with Gasteiger partial charge in [0.1, 0.15) is 16.9 Å². The van der Waals surface area contributed by atoms with Crippen molar-refractivity contribution < 1.29 is 19.2 Å². The number of aromatic nitrogens is 3. The number of pyridine rings is 1. The summed E-state index contributed by atoms with van der Waals surface area (Å²) >= 11 is 0. The molecule has 1 aliphatic rings. The van der Waals surface area contributed by atoms with Crippen LogP contribution in [0.1, 0.15) is 65.3 Å². The van der Waals surface area contributed by atoms with E-state index >= 15 is 0 Å². The molecule has 0 spiro atoms. The molecule has 8 nitrogen and oxygen atoms in total. The summed E-state index contributed by atoms with van der Waals surface area (Å²) in [5.74, 6) is -0.620. The molecule has 24 heavy (non-hydrogen) atoms. The van der Waals surface area contributed by atoms with Crippen molar-refractivity contribution in [3.8, 4) is 0 Å². The second kappa shape index (κ2) is 6.38. The fourth-order valence-corrected chi connectivity index (χ4v) is 2.94. The molecule has 0 atom stereocenters. The van der Waals surface area contributed by atoms with Crippen molar-refractivity contribution >= 4 is 11.9 Å². The minimum absolute atomic E-state index is 0.0559. The molecule has 1 saturated carbocycles. The van der Waals surface area contributed by atoms with Crippen LogP contribution in [0.2, 0.25) is 0 Å². The molecule has 0 bridgehead atoms. The van der Waals surface area contributed by atoms with E-state index in [0.29, 0.717) is 31.0 Å². The molecule has 3 rings (SSSR count). The van der Waals surface area contributed by atoms with Crippen LogP contribution >= 0.6 is 0 Å². The minimum atomic E-state index is -1.18. The maximum Gasteiger partial charge on any atom is 0.354 e. The third-order valence-corrected chi connectivity index (χ3v) is 4.21. The van der Waals surface area contributed by atoms with Crippen LogP contribution in [0.5, 0.6) is 0 Å². The van der Waals surface area contributed by atoms with Crippen LogP contribution in [-0.2, 0) is 12.0 Å². The average Bonchev–Trinajstić information content (AvgIpc) is 3.24. The number of rotatable bonds is 5. The van der Waals surface area contributed by atoms with Crippen molar-refractivity contribution in [1.82, 2.24) is 20.4 Å². The Hall–Kier alpha value is -2.77. The van der Waals surface area contributed by atoms with Gasteiger partial charge in [0, 0.05) is 6.42 Å². The molecule has 126 valence electrons. The number of hydrogen-bond acceptors (Lipinski definition) is 6. The second-order valence-corrected chi connectivity index (χ2v) is 5.82. The largest absolute Gasteiger partial charge is 0.477 e. The van der Waals surface area contributed by atoms with Crippen LogP contribution in [0.4, 0.5) is 0 Å².